The number of aliphatic imine (C=N–C) groups is 1. The summed E-state index contributed by atoms with van der Waals surface area (Å²) < 4.78 is 16.2. The average molecular weight is 569 g/mol. The zero-order valence-electron chi connectivity index (χ0n) is 19.9. The summed E-state index contributed by atoms with van der Waals surface area (Å²) in [4.78, 5) is 6.88. The molecule has 7 nitrogen and oxygen atoms in total. The first-order valence-corrected chi connectivity index (χ1v) is 11.3. The maximum Gasteiger partial charge on any atom is 0.191 e. The third kappa shape index (κ3) is 8.68. The van der Waals surface area contributed by atoms with Gasteiger partial charge in [-0.2, -0.15) is 0 Å². The summed E-state index contributed by atoms with van der Waals surface area (Å²) in [5.41, 5.74) is 2.54. The Morgan fingerprint density at radius 1 is 1.03 bits per heavy atom. The van der Waals surface area contributed by atoms with Crippen LogP contribution in [-0.2, 0) is 11.2 Å². The van der Waals surface area contributed by atoms with Gasteiger partial charge in [-0.15, -0.1) is 24.0 Å². The number of hydrogen-bond donors (Lipinski definition) is 2. The van der Waals surface area contributed by atoms with Crippen LogP contribution in [0.2, 0.25) is 0 Å². The number of nitrogens with one attached hydrogen (secondary N) is 2. The zero-order chi connectivity index (χ0) is 22.6. The van der Waals surface area contributed by atoms with Gasteiger partial charge in [-0.1, -0.05) is 24.3 Å². The molecule has 1 heterocycles. The number of methoxy groups -OCH3 is 2. The molecule has 2 N–H and O–H groups in total. The Labute approximate surface area is 214 Å². The third-order valence-electron chi connectivity index (χ3n) is 5.74. The number of benzene rings is 2. The molecule has 0 radical (unpaired) electrons. The summed E-state index contributed by atoms with van der Waals surface area (Å²) in [6, 6.07) is 16.8. The van der Waals surface area contributed by atoms with E-state index in [9.17, 15) is 0 Å². The molecule has 0 bridgehead atoms. The molecular weight excluding hydrogens is 531 g/mol. The van der Waals surface area contributed by atoms with Crippen molar-refractivity contribution in [3.8, 4) is 11.5 Å². The van der Waals surface area contributed by atoms with Gasteiger partial charge >= 0.3 is 0 Å². The summed E-state index contributed by atoms with van der Waals surface area (Å²) in [7, 11) is 5.21. The van der Waals surface area contributed by atoms with E-state index in [2.05, 4.69) is 44.8 Å². The second-order valence-corrected chi connectivity index (χ2v) is 7.77. The molecule has 33 heavy (non-hydrogen) atoms. The number of guanidine groups is 1. The summed E-state index contributed by atoms with van der Waals surface area (Å²) >= 11 is 0. The topological polar surface area (TPSA) is 67.4 Å². The Kier molecular flexibility index (Phi) is 12.3. The van der Waals surface area contributed by atoms with E-state index < -0.39 is 0 Å². The highest BCUT2D eigenvalue weighted by molar-refractivity contribution is 14.0. The van der Waals surface area contributed by atoms with Crippen molar-refractivity contribution in [2.75, 3.05) is 60.7 Å². The maximum absolute atomic E-state index is 5.56. The second-order valence-electron chi connectivity index (χ2n) is 7.77. The highest BCUT2D eigenvalue weighted by atomic mass is 127. The molecule has 3 rings (SSSR count). The van der Waals surface area contributed by atoms with Gasteiger partial charge < -0.3 is 24.8 Å². The first kappa shape index (κ1) is 27.2. The average Bonchev–Trinajstić information content (AvgIpc) is 2.86. The predicted molar refractivity (Wildman–Crippen MR) is 144 cm³/mol. The van der Waals surface area contributed by atoms with E-state index in [0.29, 0.717) is 0 Å². The molecule has 0 aromatic heterocycles. The smallest absolute Gasteiger partial charge is 0.191 e. The summed E-state index contributed by atoms with van der Waals surface area (Å²) in [5, 5.41) is 6.96. The van der Waals surface area contributed by atoms with E-state index in [1.165, 1.54) is 11.1 Å². The lowest BCUT2D eigenvalue weighted by Gasteiger charge is -2.35. The lowest BCUT2D eigenvalue weighted by Crippen LogP contribution is -2.46. The van der Waals surface area contributed by atoms with Gasteiger partial charge in [-0.3, -0.25) is 9.89 Å². The van der Waals surface area contributed by atoms with Crippen LogP contribution in [0.3, 0.4) is 0 Å². The SMILES string of the molecule is CN=C(NCCCc1cccc(OC)c1)NCC(c1ccc(OC)cc1)N1CCOCC1.I. The van der Waals surface area contributed by atoms with Crippen molar-refractivity contribution in [1.82, 2.24) is 15.5 Å². The van der Waals surface area contributed by atoms with Gasteiger partial charge in [0.2, 0.25) is 0 Å². The largest absolute Gasteiger partial charge is 0.497 e. The van der Waals surface area contributed by atoms with Gasteiger partial charge in [0.05, 0.1) is 33.5 Å². The van der Waals surface area contributed by atoms with Crippen molar-refractivity contribution in [2.24, 2.45) is 4.99 Å². The molecule has 0 saturated carbocycles. The van der Waals surface area contributed by atoms with E-state index in [1.807, 2.05) is 31.3 Å². The Morgan fingerprint density at radius 2 is 1.76 bits per heavy atom. The minimum absolute atomic E-state index is 0. The fourth-order valence-electron chi connectivity index (χ4n) is 3.91. The minimum Gasteiger partial charge on any atom is -0.497 e. The van der Waals surface area contributed by atoms with E-state index in [-0.39, 0.29) is 30.0 Å². The van der Waals surface area contributed by atoms with Crippen LogP contribution in [0.25, 0.3) is 0 Å². The monoisotopic (exact) mass is 568 g/mol. The van der Waals surface area contributed by atoms with Crippen LogP contribution in [0.4, 0.5) is 0 Å². The standard InChI is InChI=1S/C25H36N4O3.HI/c1-26-25(27-13-5-7-20-6-4-8-23(18-20)31-3)28-19-24(29-14-16-32-17-15-29)21-9-11-22(30-2)12-10-21;/h4,6,8-12,18,24H,5,7,13-17,19H2,1-3H3,(H2,26,27,28);1H. The molecule has 0 spiro atoms. The molecule has 0 amide bonds. The molecule has 1 aliphatic rings. The van der Waals surface area contributed by atoms with Gasteiger partial charge in [0.15, 0.2) is 5.96 Å². The van der Waals surface area contributed by atoms with Crippen molar-refractivity contribution >= 4 is 29.9 Å². The highest BCUT2D eigenvalue weighted by Crippen LogP contribution is 2.23. The summed E-state index contributed by atoms with van der Waals surface area (Å²) in [6.45, 7) is 4.99. The molecule has 0 aliphatic carbocycles. The first-order chi connectivity index (χ1) is 15.7. The van der Waals surface area contributed by atoms with Crippen LogP contribution >= 0.6 is 24.0 Å². The lowest BCUT2D eigenvalue weighted by atomic mass is 10.0. The lowest BCUT2D eigenvalue weighted by molar-refractivity contribution is 0.0170. The fourth-order valence-corrected chi connectivity index (χ4v) is 3.91. The van der Waals surface area contributed by atoms with Crippen LogP contribution in [0, 0.1) is 0 Å². The molecule has 8 heteroatoms. The van der Waals surface area contributed by atoms with Crippen LogP contribution in [-0.4, -0.2) is 71.5 Å². The molecule has 182 valence electrons. The summed E-state index contributed by atoms with van der Waals surface area (Å²) in [5.74, 6) is 2.60. The van der Waals surface area contributed by atoms with E-state index in [4.69, 9.17) is 14.2 Å². The van der Waals surface area contributed by atoms with E-state index in [1.54, 1.807) is 14.2 Å². The third-order valence-corrected chi connectivity index (χ3v) is 5.74. The van der Waals surface area contributed by atoms with Crippen LogP contribution in [0.1, 0.15) is 23.6 Å². The van der Waals surface area contributed by atoms with Crippen molar-refractivity contribution in [2.45, 2.75) is 18.9 Å². The number of rotatable bonds is 10. The van der Waals surface area contributed by atoms with Crippen LogP contribution in [0.15, 0.2) is 53.5 Å². The highest BCUT2D eigenvalue weighted by Gasteiger charge is 2.23. The predicted octanol–water partition coefficient (Wildman–Crippen LogP) is 3.49. The molecule has 2 aromatic carbocycles. The van der Waals surface area contributed by atoms with E-state index in [0.717, 1.165) is 69.7 Å². The molecule has 2 aromatic rings. The van der Waals surface area contributed by atoms with Crippen molar-refractivity contribution in [3.63, 3.8) is 0 Å². The van der Waals surface area contributed by atoms with Gasteiger partial charge in [-0.25, -0.2) is 0 Å². The molecule has 1 fully saturated rings. The molecule has 1 saturated heterocycles. The van der Waals surface area contributed by atoms with Crippen LogP contribution in [0.5, 0.6) is 11.5 Å². The van der Waals surface area contributed by atoms with Gasteiger partial charge in [0.25, 0.3) is 0 Å². The Bertz CT molecular complexity index is 842. The Hall–Kier alpha value is -2.04. The van der Waals surface area contributed by atoms with E-state index >= 15 is 0 Å². The van der Waals surface area contributed by atoms with Gasteiger partial charge in [0.1, 0.15) is 11.5 Å². The van der Waals surface area contributed by atoms with Crippen LogP contribution < -0.4 is 20.1 Å². The quantitative estimate of drug-likeness (QED) is 0.198. The number of morpholine rings is 1. The normalized spacial score (nSPS) is 15.3. The number of nitrogens with zero attached hydrogens (tertiary/aromatic N) is 2. The Morgan fingerprint density at radius 3 is 2.42 bits per heavy atom. The van der Waals surface area contributed by atoms with Crippen molar-refractivity contribution < 1.29 is 14.2 Å². The fraction of sp³-hybridized carbons (Fsp3) is 0.480. The van der Waals surface area contributed by atoms with Gasteiger partial charge in [-0.05, 0) is 48.2 Å². The Balaban J connectivity index is 0.00000385. The maximum atomic E-state index is 5.56. The van der Waals surface area contributed by atoms with Crippen molar-refractivity contribution in [1.29, 1.82) is 0 Å². The minimum atomic E-state index is 0. The summed E-state index contributed by atoms with van der Waals surface area (Å²) in [6.07, 6.45) is 2.00. The first-order valence-electron chi connectivity index (χ1n) is 11.3. The van der Waals surface area contributed by atoms with Gasteiger partial charge in [0, 0.05) is 33.2 Å². The molecule has 1 unspecified atom stereocenters. The number of halogens is 1. The zero-order valence-corrected chi connectivity index (χ0v) is 22.2. The molecule has 1 aliphatic heterocycles. The second kappa shape index (κ2) is 15.0. The number of ether oxygens (including phenoxy) is 3. The number of aryl methyl sites for hydroxylation is 1. The molecule has 1 atom stereocenters. The van der Waals surface area contributed by atoms with Crippen molar-refractivity contribution in [3.05, 3.63) is 59.7 Å². The number of hydrogen-bond acceptors (Lipinski definition) is 5. The molecular formula is C25H37IN4O3.